The normalized spacial score (nSPS) is 20.1. The molecule has 0 aliphatic carbocycles. The van der Waals surface area contributed by atoms with Gasteiger partial charge in [0.15, 0.2) is 5.89 Å². The van der Waals surface area contributed by atoms with Gasteiger partial charge in [0.2, 0.25) is 0 Å². The molecule has 0 saturated carbocycles. The third-order valence-corrected chi connectivity index (χ3v) is 3.37. The molecule has 0 spiro atoms. The van der Waals surface area contributed by atoms with Crippen LogP contribution in [0.25, 0.3) is 0 Å². The van der Waals surface area contributed by atoms with Gasteiger partial charge >= 0.3 is 0 Å². The van der Waals surface area contributed by atoms with Crippen LogP contribution in [0, 0.1) is 5.92 Å². The standard InChI is InChI=1S/C15H26N2O2/c1-12(2)10-16-7-6-15-17-11-14(19-15)9-13-5-3-4-8-18-13/h11-13,16H,3-10H2,1-2H3. The Hall–Kier alpha value is -0.870. The maximum Gasteiger partial charge on any atom is 0.195 e. The van der Waals surface area contributed by atoms with E-state index < -0.39 is 0 Å². The SMILES string of the molecule is CC(C)CNCCc1ncc(CC2CCCCO2)o1. The van der Waals surface area contributed by atoms with Gasteiger partial charge in [-0.15, -0.1) is 0 Å². The number of nitrogens with one attached hydrogen (secondary N) is 1. The fourth-order valence-corrected chi connectivity index (χ4v) is 2.34. The lowest BCUT2D eigenvalue weighted by Gasteiger charge is -2.21. The van der Waals surface area contributed by atoms with Crippen molar-refractivity contribution in [1.82, 2.24) is 10.3 Å². The monoisotopic (exact) mass is 266 g/mol. The van der Waals surface area contributed by atoms with Crippen LogP contribution < -0.4 is 5.32 Å². The van der Waals surface area contributed by atoms with E-state index in [1.54, 1.807) is 0 Å². The quantitative estimate of drug-likeness (QED) is 0.771. The van der Waals surface area contributed by atoms with Gasteiger partial charge in [-0.05, 0) is 31.7 Å². The zero-order valence-corrected chi connectivity index (χ0v) is 12.2. The van der Waals surface area contributed by atoms with Crippen molar-refractivity contribution in [3.05, 3.63) is 17.8 Å². The fourth-order valence-electron chi connectivity index (χ4n) is 2.34. The van der Waals surface area contributed by atoms with Crippen molar-refractivity contribution in [1.29, 1.82) is 0 Å². The van der Waals surface area contributed by atoms with E-state index in [1.807, 2.05) is 6.20 Å². The maximum atomic E-state index is 5.76. The summed E-state index contributed by atoms with van der Waals surface area (Å²) >= 11 is 0. The van der Waals surface area contributed by atoms with Crippen molar-refractivity contribution < 1.29 is 9.15 Å². The molecule has 1 atom stereocenters. The first-order valence-electron chi connectivity index (χ1n) is 7.50. The average molecular weight is 266 g/mol. The lowest BCUT2D eigenvalue weighted by molar-refractivity contribution is 0.0138. The number of rotatable bonds is 7. The fraction of sp³-hybridized carbons (Fsp3) is 0.800. The molecule has 0 aromatic carbocycles. The van der Waals surface area contributed by atoms with Gasteiger partial charge in [0.05, 0.1) is 12.3 Å². The summed E-state index contributed by atoms with van der Waals surface area (Å²) in [5, 5.41) is 3.40. The zero-order chi connectivity index (χ0) is 13.5. The van der Waals surface area contributed by atoms with Crippen molar-refractivity contribution >= 4 is 0 Å². The van der Waals surface area contributed by atoms with Gasteiger partial charge in [0, 0.05) is 26.0 Å². The van der Waals surface area contributed by atoms with E-state index in [1.165, 1.54) is 12.8 Å². The highest BCUT2D eigenvalue weighted by molar-refractivity contribution is 4.97. The van der Waals surface area contributed by atoms with Crippen LogP contribution in [0.3, 0.4) is 0 Å². The Morgan fingerprint density at radius 1 is 1.42 bits per heavy atom. The van der Waals surface area contributed by atoms with E-state index in [0.717, 1.165) is 50.6 Å². The molecule has 1 N–H and O–H groups in total. The number of aromatic nitrogens is 1. The molecule has 108 valence electrons. The number of nitrogens with zero attached hydrogens (tertiary/aromatic N) is 1. The predicted octanol–water partition coefficient (Wildman–Crippen LogP) is 2.57. The van der Waals surface area contributed by atoms with Gasteiger partial charge in [-0.3, -0.25) is 0 Å². The minimum Gasteiger partial charge on any atom is -0.446 e. The highest BCUT2D eigenvalue weighted by Crippen LogP contribution is 2.17. The van der Waals surface area contributed by atoms with E-state index in [2.05, 4.69) is 24.1 Å². The Morgan fingerprint density at radius 2 is 2.32 bits per heavy atom. The van der Waals surface area contributed by atoms with Gasteiger partial charge in [0.1, 0.15) is 5.76 Å². The van der Waals surface area contributed by atoms with Crippen LogP contribution >= 0.6 is 0 Å². The highest BCUT2D eigenvalue weighted by Gasteiger charge is 2.16. The topological polar surface area (TPSA) is 47.3 Å². The lowest BCUT2D eigenvalue weighted by atomic mass is 10.1. The Kier molecular flexibility index (Phi) is 5.86. The minimum atomic E-state index is 0.327. The van der Waals surface area contributed by atoms with Gasteiger partial charge in [-0.25, -0.2) is 4.98 Å². The van der Waals surface area contributed by atoms with Gasteiger partial charge in [0.25, 0.3) is 0 Å². The molecule has 1 saturated heterocycles. The molecule has 1 aromatic heterocycles. The molecule has 2 rings (SSSR count). The van der Waals surface area contributed by atoms with E-state index in [0.29, 0.717) is 12.0 Å². The molecule has 1 unspecified atom stereocenters. The molecule has 1 aliphatic heterocycles. The summed E-state index contributed by atoms with van der Waals surface area (Å²) in [4.78, 5) is 4.34. The van der Waals surface area contributed by atoms with Crippen LogP contribution in [-0.4, -0.2) is 30.8 Å². The van der Waals surface area contributed by atoms with Crippen LogP contribution in [-0.2, 0) is 17.6 Å². The Labute approximate surface area is 115 Å². The maximum absolute atomic E-state index is 5.76. The first kappa shape index (κ1) is 14.5. The van der Waals surface area contributed by atoms with E-state index >= 15 is 0 Å². The molecule has 0 bridgehead atoms. The first-order chi connectivity index (χ1) is 9.24. The van der Waals surface area contributed by atoms with Gasteiger partial charge in [-0.2, -0.15) is 0 Å². The second kappa shape index (κ2) is 7.65. The van der Waals surface area contributed by atoms with Crippen molar-refractivity contribution in [2.24, 2.45) is 5.92 Å². The van der Waals surface area contributed by atoms with Gasteiger partial charge in [-0.1, -0.05) is 13.8 Å². The third-order valence-electron chi connectivity index (χ3n) is 3.37. The number of hydrogen-bond acceptors (Lipinski definition) is 4. The molecule has 4 nitrogen and oxygen atoms in total. The smallest absolute Gasteiger partial charge is 0.195 e. The number of ether oxygens (including phenoxy) is 1. The van der Waals surface area contributed by atoms with Gasteiger partial charge < -0.3 is 14.5 Å². The van der Waals surface area contributed by atoms with Crippen molar-refractivity contribution in [3.8, 4) is 0 Å². The summed E-state index contributed by atoms with van der Waals surface area (Å²) in [5.74, 6) is 2.48. The Bertz CT molecular complexity index is 357. The third kappa shape index (κ3) is 5.33. The van der Waals surface area contributed by atoms with Crippen LogP contribution in [0.4, 0.5) is 0 Å². The second-order valence-electron chi connectivity index (χ2n) is 5.76. The summed E-state index contributed by atoms with van der Waals surface area (Å²) in [5.41, 5.74) is 0. The Morgan fingerprint density at radius 3 is 3.05 bits per heavy atom. The van der Waals surface area contributed by atoms with Crippen LogP contribution in [0.5, 0.6) is 0 Å². The summed E-state index contributed by atoms with van der Waals surface area (Å²) in [6, 6.07) is 0. The van der Waals surface area contributed by atoms with Crippen LogP contribution in [0.15, 0.2) is 10.6 Å². The van der Waals surface area contributed by atoms with E-state index in [9.17, 15) is 0 Å². The lowest BCUT2D eigenvalue weighted by Crippen LogP contribution is -2.22. The molecule has 1 aliphatic rings. The summed E-state index contributed by atoms with van der Waals surface area (Å²) in [7, 11) is 0. The summed E-state index contributed by atoms with van der Waals surface area (Å²) in [6.07, 6.45) is 7.52. The second-order valence-corrected chi connectivity index (χ2v) is 5.76. The molecule has 1 fully saturated rings. The largest absolute Gasteiger partial charge is 0.446 e. The van der Waals surface area contributed by atoms with Crippen molar-refractivity contribution in [3.63, 3.8) is 0 Å². The number of hydrogen-bond donors (Lipinski definition) is 1. The molecular formula is C15H26N2O2. The first-order valence-corrected chi connectivity index (χ1v) is 7.50. The molecule has 0 radical (unpaired) electrons. The summed E-state index contributed by atoms with van der Waals surface area (Å²) < 4.78 is 11.5. The number of oxazole rings is 1. The molecule has 1 aromatic rings. The van der Waals surface area contributed by atoms with Crippen molar-refractivity contribution in [2.45, 2.75) is 52.1 Å². The molecule has 19 heavy (non-hydrogen) atoms. The molecule has 4 heteroatoms. The average Bonchev–Trinajstić information content (AvgIpc) is 2.83. The minimum absolute atomic E-state index is 0.327. The van der Waals surface area contributed by atoms with Crippen LogP contribution in [0.2, 0.25) is 0 Å². The van der Waals surface area contributed by atoms with E-state index in [-0.39, 0.29) is 0 Å². The summed E-state index contributed by atoms with van der Waals surface area (Å²) in [6.45, 7) is 7.28. The van der Waals surface area contributed by atoms with Crippen LogP contribution in [0.1, 0.15) is 44.8 Å². The molecular weight excluding hydrogens is 240 g/mol. The molecule has 0 amide bonds. The zero-order valence-electron chi connectivity index (χ0n) is 12.2. The Balaban J connectivity index is 1.69. The van der Waals surface area contributed by atoms with Crippen molar-refractivity contribution in [2.75, 3.05) is 19.7 Å². The molecule has 2 heterocycles. The van der Waals surface area contributed by atoms with E-state index in [4.69, 9.17) is 9.15 Å². The highest BCUT2D eigenvalue weighted by atomic mass is 16.5. The predicted molar refractivity (Wildman–Crippen MR) is 75.2 cm³/mol.